The fourth-order valence-electron chi connectivity index (χ4n) is 2.24. The van der Waals surface area contributed by atoms with E-state index >= 15 is 0 Å². The molecule has 0 radical (unpaired) electrons. The number of rotatable bonds is 4. The van der Waals surface area contributed by atoms with Crippen LogP contribution in [0.2, 0.25) is 0 Å². The minimum atomic E-state index is -0.451. The lowest BCUT2D eigenvalue weighted by atomic mass is 10.1. The number of carbonyl (C=O) groups excluding carboxylic acids is 2. The van der Waals surface area contributed by atoms with E-state index in [1.807, 2.05) is 6.08 Å². The van der Waals surface area contributed by atoms with Crippen LogP contribution in [0.4, 0.5) is 0 Å². The smallest absolute Gasteiger partial charge is 0.339 e. The molecule has 2 rings (SSSR count). The molecule has 0 amide bonds. The van der Waals surface area contributed by atoms with Gasteiger partial charge in [0.1, 0.15) is 5.69 Å². The van der Waals surface area contributed by atoms with Crippen LogP contribution in [0.15, 0.2) is 30.5 Å². The Hall–Kier alpha value is -1.97. The van der Waals surface area contributed by atoms with Crippen molar-refractivity contribution < 1.29 is 14.3 Å². The lowest BCUT2D eigenvalue weighted by Gasteiger charge is -2.01. The summed E-state index contributed by atoms with van der Waals surface area (Å²) in [6.07, 6.45) is 9.76. The van der Waals surface area contributed by atoms with E-state index in [-0.39, 0.29) is 5.78 Å². The number of hydrogen-bond acceptors (Lipinski definition) is 4. The highest BCUT2D eigenvalue weighted by atomic mass is 16.5. The Kier molecular flexibility index (Phi) is 4.44. The summed E-state index contributed by atoms with van der Waals surface area (Å²) in [5, 5.41) is 0. The Morgan fingerprint density at radius 2 is 2.05 bits per heavy atom. The van der Waals surface area contributed by atoms with Crippen LogP contribution in [0.1, 0.15) is 46.5 Å². The Morgan fingerprint density at radius 1 is 1.32 bits per heavy atom. The van der Waals surface area contributed by atoms with Crippen molar-refractivity contribution in [1.82, 2.24) is 4.98 Å². The molecule has 1 fully saturated rings. The van der Waals surface area contributed by atoms with Crippen LogP contribution < -0.4 is 0 Å². The molecule has 1 aliphatic carbocycles. The molecule has 0 unspecified atom stereocenters. The zero-order valence-electron chi connectivity index (χ0n) is 11.0. The monoisotopic (exact) mass is 259 g/mol. The van der Waals surface area contributed by atoms with Crippen LogP contribution in [-0.2, 0) is 4.74 Å². The zero-order valence-corrected chi connectivity index (χ0v) is 11.0. The summed E-state index contributed by atoms with van der Waals surface area (Å²) in [6, 6.07) is 3.10. The third-order valence-electron chi connectivity index (χ3n) is 3.36. The van der Waals surface area contributed by atoms with Crippen molar-refractivity contribution in [2.45, 2.75) is 25.7 Å². The number of aromatic nitrogens is 1. The molecule has 1 saturated carbocycles. The third kappa shape index (κ3) is 3.50. The number of hydrogen-bond donors (Lipinski definition) is 0. The van der Waals surface area contributed by atoms with Gasteiger partial charge in [0.25, 0.3) is 0 Å². The van der Waals surface area contributed by atoms with Crippen LogP contribution >= 0.6 is 0 Å². The van der Waals surface area contributed by atoms with Gasteiger partial charge >= 0.3 is 5.97 Å². The van der Waals surface area contributed by atoms with Crippen molar-refractivity contribution in [3.05, 3.63) is 41.7 Å². The highest BCUT2D eigenvalue weighted by molar-refractivity contribution is 6.03. The van der Waals surface area contributed by atoms with Crippen LogP contribution in [0.25, 0.3) is 0 Å². The van der Waals surface area contributed by atoms with E-state index in [1.165, 1.54) is 39.0 Å². The SMILES string of the molecule is COC(=O)c1ccc(C(=O)C=CC2CCCC2)nc1. The molecule has 1 aromatic heterocycles. The number of ketones is 1. The number of ether oxygens (including phenoxy) is 1. The molecule has 19 heavy (non-hydrogen) atoms. The summed E-state index contributed by atoms with van der Waals surface area (Å²) in [5.74, 6) is -0.0467. The van der Waals surface area contributed by atoms with Crippen molar-refractivity contribution in [1.29, 1.82) is 0 Å². The number of nitrogens with zero attached hydrogens (tertiary/aromatic N) is 1. The van der Waals surface area contributed by atoms with E-state index in [0.29, 0.717) is 17.2 Å². The Balaban J connectivity index is 2.01. The fraction of sp³-hybridized carbons (Fsp3) is 0.400. The first kappa shape index (κ1) is 13.5. The van der Waals surface area contributed by atoms with Crippen LogP contribution in [0, 0.1) is 5.92 Å². The molecule has 4 nitrogen and oxygen atoms in total. The number of methoxy groups -OCH3 is 1. The Morgan fingerprint density at radius 3 is 2.63 bits per heavy atom. The Bertz CT molecular complexity index is 485. The average molecular weight is 259 g/mol. The molecule has 0 atom stereocenters. The third-order valence-corrected chi connectivity index (χ3v) is 3.36. The van der Waals surface area contributed by atoms with Crippen molar-refractivity contribution in [3.8, 4) is 0 Å². The van der Waals surface area contributed by atoms with Gasteiger partial charge in [-0.05, 0) is 37.0 Å². The van der Waals surface area contributed by atoms with Crippen molar-refractivity contribution >= 4 is 11.8 Å². The molecule has 1 aromatic rings. The van der Waals surface area contributed by atoms with Gasteiger partial charge in [-0.25, -0.2) is 4.79 Å². The molecule has 0 aromatic carbocycles. The summed E-state index contributed by atoms with van der Waals surface area (Å²) in [4.78, 5) is 27.1. The molecular formula is C15H17NO3. The van der Waals surface area contributed by atoms with E-state index in [4.69, 9.17) is 0 Å². The van der Waals surface area contributed by atoms with E-state index < -0.39 is 5.97 Å². The molecule has 0 aliphatic heterocycles. The van der Waals surface area contributed by atoms with Gasteiger partial charge in [-0.3, -0.25) is 9.78 Å². The average Bonchev–Trinajstić information content (AvgIpc) is 2.97. The van der Waals surface area contributed by atoms with Crippen molar-refractivity contribution in [2.24, 2.45) is 5.92 Å². The molecule has 100 valence electrons. The summed E-state index contributed by atoms with van der Waals surface area (Å²) < 4.78 is 4.57. The van der Waals surface area contributed by atoms with Gasteiger partial charge in [0, 0.05) is 6.20 Å². The minimum Gasteiger partial charge on any atom is -0.465 e. The van der Waals surface area contributed by atoms with E-state index in [9.17, 15) is 9.59 Å². The van der Waals surface area contributed by atoms with Crippen LogP contribution in [-0.4, -0.2) is 23.8 Å². The zero-order chi connectivity index (χ0) is 13.7. The summed E-state index contributed by atoms with van der Waals surface area (Å²) in [6.45, 7) is 0. The van der Waals surface area contributed by atoms with Gasteiger partial charge in [0.05, 0.1) is 12.7 Å². The lowest BCUT2D eigenvalue weighted by molar-refractivity contribution is 0.0600. The van der Waals surface area contributed by atoms with Crippen LogP contribution in [0.5, 0.6) is 0 Å². The van der Waals surface area contributed by atoms with E-state index in [1.54, 1.807) is 18.2 Å². The summed E-state index contributed by atoms with van der Waals surface area (Å²) >= 11 is 0. The first-order valence-corrected chi connectivity index (χ1v) is 6.47. The van der Waals surface area contributed by atoms with Gasteiger partial charge in [0.15, 0.2) is 0 Å². The molecule has 0 saturated heterocycles. The largest absolute Gasteiger partial charge is 0.465 e. The quantitative estimate of drug-likeness (QED) is 0.474. The van der Waals surface area contributed by atoms with Gasteiger partial charge in [-0.15, -0.1) is 0 Å². The summed E-state index contributed by atoms with van der Waals surface area (Å²) in [5.41, 5.74) is 0.695. The van der Waals surface area contributed by atoms with Gasteiger partial charge in [-0.2, -0.15) is 0 Å². The molecule has 0 spiro atoms. The molecular weight excluding hydrogens is 242 g/mol. The van der Waals surface area contributed by atoms with Gasteiger partial charge < -0.3 is 4.74 Å². The number of pyridine rings is 1. The molecule has 0 N–H and O–H groups in total. The summed E-state index contributed by atoms with van der Waals surface area (Å²) in [7, 11) is 1.31. The van der Waals surface area contributed by atoms with Crippen LogP contribution in [0.3, 0.4) is 0 Å². The van der Waals surface area contributed by atoms with Crippen molar-refractivity contribution in [2.75, 3.05) is 7.11 Å². The molecule has 1 aliphatic rings. The molecule has 1 heterocycles. The Labute approximate surface area is 112 Å². The maximum atomic E-state index is 11.9. The number of esters is 1. The standard InChI is InChI=1S/C15H17NO3/c1-19-15(18)12-7-8-13(16-10-12)14(17)9-6-11-4-2-3-5-11/h6-11H,2-5H2,1H3. The van der Waals surface area contributed by atoms with Gasteiger partial charge in [0.2, 0.25) is 5.78 Å². The second kappa shape index (κ2) is 6.27. The topological polar surface area (TPSA) is 56.3 Å². The maximum absolute atomic E-state index is 11.9. The predicted octanol–water partition coefficient (Wildman–Crippen LogP) is 2.80. The van der Waals surface area contributed by atoms with E-state index in [0.717, 1.165) is 0 Å². The van der Waals surface area contributed by atoms with Gasteiger partial charge in [-0.1, -0.05) is 18.9 Å². The normalized spacial score (nSPS) is 15.8. The number of carbonyl (C=O) groups is 2. The maximum Gasteiger partial charge on any atom is 0.339 e. The highest BCUT2D eigenvalue weighted by Gasteiger charge is 2.13. The first-order valence-electron chi connectivity index (χ1n) is 6.47. The second-order valence-corrected chi connectivity index (χ2v) is 4.69. The lowest BCUT2D eigenvalue weighted by Crippen LogP contribution is -2.05. The molecule has 0 bridgehead atoms. The minimum absolute atomic E-state index is 0.122. The second-order valence-electron chi connectivity index (χ2n) is 4.69. The van der Waals surface area contributed by atoms with E-state index in [2.05, 4.69) is 9.72 Å². The number of allylic oxidation sites excluding steroid dienone is 2. The highest BCUT2D eigenvalue weighted by Crippen LogP contribution is 2.25. The fourth-order valence-corrected chi connectivity index (χ4v) is 2.24. The molecule has 4 heteroatoms. The van der Waals surface area contributed by atoms with Crippen molar-refractivity contribution in [3.63, 3.8) is 0 Å². The first-order chi connectivity index (χ1) is 9.20. The predicted molar refractivity (Wildman–Crippen MR) is 71.0 cm³/mol.